The van der Waals surface area contributed by atoms with E-state index in [-0.39, 0.29) is 12.3 Å². The van der Waals surface area contributed by atoms with Crippen LogP contribution in [-0.4, -0.2) is 48.6 Å². The molecule has 0 saturated carbocycles. The van der Waals surface area contributed by atoms with E-state index in [0.29, 0.717) is 29.7 Å². The number of benzene rings is 2. The molecule has 1 saturated heterocycles. The minimum absolute atomic E-state index is 0.0840. The normalized spacial score (nSPS) is 16.6. The Bertz CT molecular complexity index is 856. The summed E-state index contributed by atoms with van der Waals surface area (Å²) in [7, 11) is 0. The summed E-state index contributed by atoms with van der Waals surface area (Å²) in [4.78, 5) is 15.0. The van der Waals surface area contributed by atoms with Crippen LogP contribution in [0, 0.1) is 0 Å². The lowest BCUT2D eigenvalue weighted by Crippen LogP contribution is -2.31. The van der Waals surface area contributed by atoms with Crippen molar-refractivity contribution < 1.29 is 14.3 Å². The zero-order valence-corrected chi connectivity index (χ0v) is 17.2. The lowest BCUT2D eigenvalue weighted by molar-refractivity contribution is -0.115. The van der Waals surface area contributed by atoms with Gasteiger partial charge in [0.2, 0.25) is 5.91 Å². The number of fused-ring (bicyclic) bond motifs is 1. The molecule has 0 bridgehead atoms. The summed E-state index contributed by atoms with van der Waals surface area (Å²) in [6.07, 6.45) is 0.226. The Labute approximate surface area is 174 Å². The number of rotatable bonds is 5. The van der Waals surface area contributed by atoms with Gasteiger partial charge in [0, 0.05) is 36.8 Å². The van der Waals surface area contributed by atoms with Gasteiger partial charge in [-0.2, -0.15) is 11.8 Å². The maximum Gasteiger partial charge on any atom is 0.228 e. The molecular weight excluding hydrogens is 396 g/mol. The van der Waals surface area contributed by atoms with Crippen LogP contribution in [0.5, 0.6) is 11.5 Å². The third kappa shape index (κ3) is 4.93. The molecule has 0 aliphatic carbocycles. The molecule has 0 aromatic heterocycles. The van der Waals surface area contributed by atoms with Crippen LogP contribution in [0.25, 0.3) is 0 Å². The van der Waals surface area contributed by atoms with Crippen molar-refractivity contribution in [3.63, 3.8) is 0 Å². The van der Waals surface area contributed by atoms with Crippen molar-refractivity contribution in [2.24, 2.45) is 0 Å². The summed E-state index contributed by atoms with van der Waals surface area (Å²) in [5.41, 5.74) is 2.83. The third-order valence-corrected chi connectivity index (χ3v) is 5.97. The van der Waals surface area contributed by atoms with E-state index in [0.717, 1.165) is 30.9 Å². The maximum atomic E-state index is 12.5. The summed E-state index contributed by atoms with van der Waals surface area (Å²) in [6, 6.07) is 11.7. The van der Waals surface area contributed by atoms with Crippen LogP contribution in [0.15, 0.2) is 36.4 Å². The molecule has 0 unspecified atom stereocenters. The molecule has 28 heavy (non-hydrogen) atoms. The smallest absolute Gasteiger partial charge is 0.228 e. The van der Waals surface area contributed by atoms with Gasteiger partial charge in [0.25, 0.3) is 0 Å². The molecule has 5 nitrogen and oxygen atoms in total. The van der Waals surface area contributed by atoms with Gasteiger partial charge in [0.15, 0.2) is 11.5 Å². The van der Waals surface area contributed by atoms with Crippen molar-refractivity contribution in [3.8, 4) is 11.5 Å². The first-order valence-electron chi connectivity index (χ1n) is 9.44. The maximum absolute atomic E-state index is 12.5. The van der Waals surface area contributed by atoms with Crippen LogP contribution in [0.4, 0.5) is 5.69 Å². The van der Waals surface area contributed by atoms with Crippen LogP contribution in [0.2, 0.25) is 5.02 Å². The Kier molecular flexibility index (Phi) is 6.29. The molecule has 1 fully saturated rings. The lowest BCUT2D eigenvalue weighted by Gasteiger charge is -2.26. The van der Waals surface area contributed by atoms with Gasteiger partial charge in [0.1, 0.15) is 13.2 Å². The molecule has 2 aliphatic rings. The first kappa shape index (κ1) is 19.4. The van der Waals surface area contributed by atoms with Gasteiger partial charge >= 0.3 is 0 Å². The van der Waals surface area contributed by atoms with Crippen molar-refractivity contribution in [3.05, 3.63) is 52.5 Å². The number of carbonyl (C=O) groups is 1. The summed E-state index contributed by atoms with van der Waals surface area (Å²) in [6.45, 7) is 4.13. The predicted octanol–water partition coefficient (Wildman–Crippen LogP) is 3.84. The standard InChI is InChI=1S/C21H23ClN2O3S/c22-18-11-16(12-19-21(18)27-7-6-26-19)13-20(25)23-17-3-1-2-15(10-17)14-24-4-8-28-9-5-24/h1-3,10-12H,4-9,13-14H2,(H,23,25). The molecule has 4 rings (SSSR count). The average Bonchev–Trinajstić information content (AvgIpc) is 2.69. The summed E-state index contributed by atoms with van der Waals surface area (Å²) in [5, 5.41) is 3.46. The fraction of sp³-hybridized carbons (Fsp3) is 0.381. The summed E-state index contributed by atoms with van der Waals surface area (Å²) < 4.78 is 11.1. The van der Waals surface area contributed by atoms with E-state index in [4.69, 9.17) is 21.1 Å². The molecule has 2 aromatic rings. The molecule has 0 spiro atoms. The van der Waals surface area contributed by atoms with Gasteiger partial charge < -0.3 is 14.8 Å². The number of nitrogens with zero attached hydrogens (tertiary/aromatic N) is 1. The van der Waals surface area contributed by atoms with Gasteiger partial charge in [-0.1, -0.05) is 23.7 Å². The second-order valence-corrected chi connectivity index (χ2v) is 8.55. The number of anilines is 1. The number of thioether (sulfide) groups is 1. The van der Waals surface area contributed by atoms with Crippen molar-refractivity contribution >= 4 is 35.0 Å². The van der Waals surface area contributed by atoms with Crippen LogP contribution in [0.3, 0.4) is 0 Å². The van der Waals surface area contributed by atoms with Gasteiger partial charge in [0.05, 0.1) is 11.4 Å². The van der Waals surface area contributed by atoms with E-state index in [1.54, 1.807) is 6.07 Å². The minimum atomic E-state index is -0.0840. The number of hydrogen-bond acceptors (Lipinski definition) is 5. The van der Waals surface area contributed by atoms with Gasteiger partial charge in [-0.15, -0.1) is 0 Å². The molecule has 0 atom stereocenters. The lowest BCUT2D eigenvalue weighted by atomic mass is 10.1. The van der Waals surface area contributed by atoms with Crippen LogP contribution in [-0.2, 0) is 17.8 Å². The van der Waals surface area contributed by atoms with Gasteiger partial charge in [-0.25, -0.2) is 0 Å². The Balaban J connectivity index is 1.38. The highest BCUT2D eigenvalue weighted by Crippen LogP contribution is 2.38. The Morgan fingerprint density at radius 2 is 1.93 bits per heavy atom. The highest BCUT2D eigenvalue weighted by Gasteiger charge is 2.18. The quantitative estimate of drug-likeness (QED) is 0.799. The second-order valence-electron chi connectivity index (χ2n) is 6.92. The monoisotopic (exact) mass is 418 g/mol. The van der Waals surface area contributed by atoms with E-state index in [2.05, 4.69) is 22.3 Å². The predicted molar refractivity (Wildman–Crippen MR) is 114 cm³/mol. The fourth-order valence-electron chi connectivity index (χ4n) is 3.42. The molecule has 148 valence electrons. The average molecular weight is 419 g/mol. The van der Waals surface area contributed by atoms with E-state index >= 15 is 0 Å². The molecule has 2 aromatic carbocycles. The largest absolute Gasteiger partial charge is 0.486 e. The molecule has 2 heterocycles. The highest BCUT2D eigenvalue weighted by atomic mass is 35.5. The van der Waals surface area contributed by atoms with Gasteiger partial charge in [-0.3, -0.25) is 9.69 Å². The van der Waals surface area contributed by atoms with E-state index in [1.165, 1.54) is 17.1 Å². The zero-order chi connectivity index (χ0) is 19.3. The number of nitrogens with one attached hydrogen (secondary N) is 1. The SMILES string of the molecule is O=C(Cc1cc(Cl)c2c(c1)OCCO2)Nc1cccc(CN2CCSCC2)c1. The van der Waals surface area contributed by atoms with Gasteiger partial charge in [-0.05, 0) is 35.4 Å². The summed E-state index contributed by atoms with van der Waals surface area (Å²) in [5.74, 6) is 3.45. The molecule has 1 amide bonds. The first-order valence-corrected chi connectivity index (χ1v) is 11.0. The molecular formula is C21H23ClN2O3S. The van der Waals surface area contributed by atoms with E-state index in [1.807, 2.05) is 30.0 Å². The molecule has 0 radical (unpaired) electrons. The molecule has 7 heteroatoms. The minimum Gasteiger partial charge on any atom is -0.486 e. The summed E-state index contributed by atoms with van der Waals surface area (Å²) >= 11 is 8.27. The van der Waals surface area contributed by atoms with Crippen molar-refractivity contribution in [1.29, 1.82) is 0 Å². The Morgan fingerprint density at radius 1 is 1.11 bits per heavy atom. The van der Waals surface area contributed by atoms with Crippen molar-refractivity contribution in [1.82, 2.24) is 4.90 Å². The van der Waals surface area contributed by atoms with Crippen molar-refractivity contribution in [2.75, 3.05) is 43.1 Å². The van der Waals surface area contributed by atoms with E-state index in [9.17, 15) is 4.79 Å². The number of carbonyl (C=O) groups excluding carboxylic acids is 1. The zero-order valence-electron chi connectivity index (χ0n) is 15.6. The highest BCUT2D eigenvalue weighted by molar-refractivity contribution is 7.99. The number of hydrogen-bond donors (Lipinski definition) is 1. The van der Waals surface area contributed by atoms with Crippen LogP contribution >= 0.6 is 23.4 Å². The third-order valence-electron chi connectivity index (χ3n) is 4.74. The van der Waals surface area contributed by atoms with Crippen molar-refractivity contribution in [2.45, 2.75) is 13.0 Å². The number of halogens is 1. The topological polar surface area (TPSA) is 50.8 Å². The Hall–Kier alpha value is -1.89. The molecule has 2 aliphatic heterocycles. The first-order chi connectivity index (χ1) is 13.7. The second kappa shape index (κ2) is 9.07. The van der Waals surface area contributed by atoms with Crippen LogP contribution in [0.1, 0.15) is 11.1 Å². The number of amides is 1. The Morgan fingerprint density at radius 3 is 2.79 bits per heavy atom. The molecule has 1 N–H and O–H groups in total. The van der Waals surface area contributed by atoms with Crippen LogP contribution < -0.4 is 14.8 Å². The fourth-order valence-corrected chi connectivity index (χ4v) is 4.69. The number of ether oxygens (including phenoxy) is 2. The van der Waals surface area contributed by atoms with E-state index < -0.39 is 0 Å².